The van der Waals surface area contributed by atoms with Crippen LogP contribution in [0, 0.1) is 12.7 Å². The Bertz CT molecular complexity index is 1540. The highest BCUT2D eigenvalue weighted by atomic mass is 19.1. The van der Waals surface area contributed by atoms with Crippen molar-refractivity contribution in [1.29, 1.82) is 0 Å². The Morgan fingerprint density at radius 1 is 1.16 bits per heavy atom. The molecule has 43 heavy (non-hydrogen) atoms. The second-order valence-electron chi connectivity index (χ2n) is 10.8. The number of nitrogens with one attached hydrogen (secondary N) is 2. The van der Waals surface area contributed by atoms with E-state index in [0.29, 0.717) is 24.5 Å². The van der Waals surface area contributed by atoms with E-state index in [1.807, 2.05) is 4.90 Å². The first-order chi connectivity index (χ1) is 20.6. The number of carbonyl (C=O) groups is 3. The minimum Gasteiger partial charge on any atom is -0.481 e. The second kappa shape index (κ2) is 12.7. The summed E-state index contributed by atoms with van der Waals surface area (Å²) in [6, 6.07) is 4.23. The Morgan fingerprint density at radius 2 is 1.93 bits per heavy atom. The van der Waals surface area contributed by atoms with Gasteiger partial charge in [-0.1, -0.05) is 17.2 Å². The molecule has 2 aliphatic rings. The number of rotatable bonds is 13. The van der Waals surface area contributed by atoms with Crippen LogP contribution in [0.25, 0.3) is 0 Å². The normalized spacial score (nSPS) is 19.3. The van der Waals surface area contributed by atoms with Gasteiger partial charge in [-0.05, 0) is 44.0 Å². The molecule has 228 valence electrons. The summed E-state index contributed by atoms with van der Waals surface area (Å²) in [5.74, 6) is -2.63. The second-order valence-corrected chi connectivity index (χ2v) is 10.8. The Hall–Kier alpha value is -4.66. The number of piperazine rings is 1. The molecule has 3 unspecified atom stereocenters. The number of hydrogen-bond acceptors (Lipinski definition) is 11. The van der Waals surface area contributed by atoms with Crippen LogP contribution < -0.4 is 21.1 Å². The summed E-state index contributed by atoms with van der Waals surface area (Å²) < 4.78 is 19.2. The van der Waals surface area contributed by atoms with E-state index in [1.165, 1.54) is 29.1 Å². The third-order valence-electron chi connectivity index (χ3n) is 8.02. The van der Waals surface area contributed by atoms with Crippen molar-refractivity contribution in [2.45, 2.75) is 63.8 Å². The smallest absolute Gasteiger partial charge is 0.305 e. The molecule has 2 bridgehead atoms. The van der Waals surface area contributed by atoms with Gasteiger partial charge in [-0.15, -0.1) is 0 Å². The number of anilines is 2. The molecule has 3 N–H and O–H groups in total. The number of hydrogen-bond donors (Lipinski definition) is 3. The van der Waals surface area contributed by atoms with Crippen molar-refractivity contribution in [3.63, 3.8) is 0 Å². The summed E-state index contributed by atoms with van der Waals surface area (Å²) in [4.78, 5) is 59.8. The van der Waals surface area contributed by atoms with Crippen LogP contribution >= 0.6 is 0 Å². The molecule has 0 spiro atoms. The standard InChI is InChI=1S/C28H33FN8O6/c1-3-23(36-9-8-30-26(28(36)42)31-12-22-16(2)33-43-34-22)27(41)32-21(11-25(39)40)24(38)15-35-13-20-10-19(35)14-37(20)18-6-4-17(29)5-7-18/h4-9,19-21,23H,3,10-15H2,1-2H3,(H,30,31)(H,32,41)(H,39,40)/t19?,20?,21?,23-/m0/s1. The fraction of sp³-hybridized carbons (Fsp3) is 0.464. The number of benzene rings is 1. The number of halogens is 1. The molecule has 2 aromatic heterocycles. The monoisotopic (exact) mass is 596 g/mol. The fourth-order valence-electron chi connectivity index (χ4n) is 5.77. The predicted molar refractivity (Wildman–Crippen MR) is 151 cm³/mol. The Kier molecular flexibility index (Phi) is 8.80. The summed E-state index contributed by atoms with van der Waals surface area (Å²) >= 11 is 0. The Labute approximate surface area is 245 Å². The van der Waals surface area contributed by atoms with Crippen LogP contribution in [0.4, 0.5) is 15.9 Å². The van der Waals surface area contributed by atoms with E-state index in [0.717, 1.165) is 12.1 Å². The van der Waals surface area contributed by atoms with Crippen molar-refractivity contribution in [3.8, 4) is 0 Å². The molecule has 0 saturated carbocycles. The maximum absolute atomic E-state index is 13.4. The van der Waals surface area contributed by atoms with Crippen molar-refractivity contribution in [2.75, 3.05) is 29.9 Å². The van der Waals surface area contributed by atoms with Crippen molar-refractivity contribution >= 4 is 29.2 Å². The maximum atomic E-state index is 13.4. The zero-order valence-corrected chi connectivity index (χ0v) is 23.8. The van der Waals surface area contributed by atoms with Gasteiger partial charge in [-0.2, -0.15) is 0 Å². The van der Waals surface area contributed by atoms with Gasteiger partial charge in [0.1, 0.15) is 23.2 Å². The van der Waals surface area contributed by atoms with Crippen molar-refractivity contribution < 1.29 is 28.5 Å². The number of carboxylic acid groups (broad SMARTS) is 1. The molecule has 14 nitrogen and oxygen atoms in total. The number of amides is 1. The van der Waals surface area contributed by atoms with Gasteiger partial charge in [0, 0.05) is 43.3 Å². The number of ketones is 1. The molecule has 15 heteroatoms. The van der Waals surface area contributed by atoms with Crippen LogP contribution in [-0.4, -0.2) is 85.3 Å². The summed E-state index contributed by atoms with van der Waals surface area (Å²) in [6.45, 7) is 4.76. The average molecular weight is 597 g/mol. The summed E-state index contributed by atoms with van der Waals surface area (Å²) in [5, 5.41) is 22.4. The number of likely N-dealkylation sites (tertiary alicyclic amines) is 1. The van der Waals surface area contributed by atoms with Gasteiger partial charge in [0.15, 0.2) is 11.6 Å². The van der Waals surface area contributed by atoms with Gasteiger partial charge in [0.05, 0.1) is 25.6 Å². The molecule has 0 radical (unpaired) electrons. The number of fused-ring (bicyclic) bond motifs is 2. The first-order valence-electron chi connectivity index (χ1n) is 14.0. The topological polar surface area (TPSA) is 176 Å². The Balaban J connectivity index is 1.23. The van der Waals surface area contributed by atoms with Gasteiger partial charge < -0.3 is 20.6 Å². The molecular weight excluding hydrogens is 563 g/mol. The van der Waals surface area contributed by atoms with Gasteiger partial charge in [-0.3, -0.25) is 28.6 Å². The number of carbonyl (C=O) groups excluding carboxylic acids is 2. The first kappa shape index (κ1) is 29.8. The minimum absolute atomic E-state index is 0.0203. The van der Waals surface area contributed by atoms with Crippen LogP contribution in [0.3, 0.4) is 0 Å². The molecule has 3 aromatic rings. The van der Waals surface area contributed by atoms with E-state index >= 15 is 0 Å². The largest absolute Gasteiger partial charge is 0.481 e. The van der Waals surface area contributed by atoms with E-state index in [2.05, 4.69) is 35.5 Å². The number of nitrogens with zero attached hydrogens (tertiary/aromatic N) is 6. The molecule has 0 aliphatic carbocycles. The van der Waals surface area contributed by atoms with E-state index in [-0.39, 0.29) is 43.2 Å². The molecule has 4 atom stereocenters. The van der Waals surface area contributed by atoms with Gasteiger partial charge in [-0.25, -0.2) is 14.0 Å². The lowest BCUT2D eigenvalue weighted by Crippen LogP contribution is -2.52. The number of carboxylic acids is 1. The molecule has 1 amide bonds. The van der Waals surface area contributed by atoms with Crippen LogP contribution in [0.5, 0.6) is 0 Å². The predicted octanol–water partition coefficient (Wildman–Crippen LogP) is 1.13. The third-order valence-corrected chi connectivity index (χ3v) is 8.02. The highest BCUT2D eigenvalue weighted by Gasteiger charge is 2.44. The molecule has 5 rings (SSSR count). The summed E-state index contributed by atoms with van der Waals surface area (Å²) in [5.41, 5.74) is 1.39. The van der Waals surface area contributed by atoms with Crippen molar-refractivity contribution in [3.05, 3.63) is 64.2 Å². The number of aryl methyl sites for hydroxylation is 1. The van der Waals surface area contributed by atoms with Crippen LogP contribution in [0.2, 0.25) is 0 Å². The molecule has 2 aliphatic heterocycles. The van der Waals surface area contributed by atoms with Gasteiger partial charge in [0.2, 0.25) is 5.91 Å². The highest BCUT2D eigenvalue weighted by Crippen LogP contribution is 2.34. The minimum atomic E-state index is -1.27. The van der Waals surface area contributed by atoms with Crippen molar-refractivity contribution in [1.82, 2.24) is 30.1 Å². The van der Waals surface area contributed by atoms with E-state index < -0.39 is 41.7 Å². The lowest BCUT2D eigenvalue weighted by Gasteiger charge is -2.35. The van der Waals surface area contributed by atoms with E-state index in [9.17, 15) is 28.7 Å². The Morgan fingerprint density at radius 3 is 2.56 bits per heavy atom. The highest BCUT2D eigenvalue weighted by molar-refractivity contribution is 5.94. The van der Waals surface area contributed by atoms with Gasteiger partial charge >= 0.3 is 5.97 Å². The number of aliphatic carboxylic acids is 1. The van der Waals surface area contributed by atoms with E-state index in [4.69, 9.17) is 0 Å². The maximum Gasteiger partial charge on any atom is 0.305 e. The first-order valence-corrected chi connectivity index (χ1v) is 14.0. The average Bonchev–Trinajstić information content (AvgIpc) is 3.69. The quantitative estimate of drug-likeness (QED) is 0.257. The van der Waals surface area contributed by atoms with E-state index in [1.54, 1.807) is 26.0 Å². The van der Waals surface area contributed by atoms with Crippen LogP contribution in [0.15, 0.2) is 46.1 Å². The zero-order chi connectivity index (χ0) is 30.7. The lowest BCUT2D eigenvalue weighted by atomic mass is 10.1. The lowest BCUT2D eigenvalue weighted by molar-refractivity contribution is -0.140. The molecule has 1 aromatic carbocycles. The molecule has 4 heterocycles. The molecule has 2 fully saturated rings. The van der Waals surface area contributed by atoms with Crippen LogP contribution in [0.1, 0.15) is 43.6 Å². The summed E-state index contributed by atoms with van der Waals surface area (Å²) in [6.07, 6.45) is 3.17. The zero-order valence-electron chi connectivity index (χ0n) is 23.8. The summed E-state index contributed by atoms with van der Waals surface area (Å²) in [7, 11) is 0. The molecular formula is C28H33FN8O6. The third kappa shape index (κ3) is 6.56. The number of Topliss-reactive ketones (excluding diaryl/α,β-unsaturated/α-hetero) is 1. The fourth-order valence-corrected chi connectivity index (χ4v) is 5.77. The van der Waals surface area contributed by atoms with Crippen LogP contribution in [-0.2, 0) is 20.9 Å². The number of aromatic nitrogens is 4. The van der Waals surface area contributed by atoms with Crippen molar-refractivity contribution in [2.24, 2.45) is 0 Å². The van der Waals surface area contributed by atoms with Gasteiger partial charge in [0.25, 0.3) is 5.56 Å². The molecule has 2 saturated heterocycles. The SMILES string of the molecule is CC[C@@H](C(=O)NC(CC(=O)O)C(=O)CN1CC2CC1CN2c1ccc(F)cc1)n1ccnc(NCc2nonc2C)c1=O.